The number of carbonyl (C=O) groups excluding carboxylic acids is 1. The van der Waals surface area contributed by atoms with Crippen molar-refractivity contribution in [3.05, 3.63) is 58.9 Å². The summed E-state index contributed by atoms with van der Waals surface area (Å²) < 4.78 is 37.8. The molecule has 2 aromatic carbocycles. The zero-order chi connectivity index (χ0) is 23.4. The van der Waals surface area contributed by atoms with Crippen molar-refractivity contribution in [3.63, 3.8) is 0 Å². The van der Waals surface area contributed by atoms with Crippen molar-refractivity contribution < 1.29 is 22.7 Å². The first-order chi connectivity index (χ1) is 15.8. The third-order valence-electron chi connectivity index (χ3n) is 4.97. The highest BCUT2D eigenvalue weighted by atomic mass is 35.5. The van der Waals surface area contributed by atoms with Crippen molar-refractivity contribution in [2.45, 2.75) is 17.9 Å². The summed E-state index contributed by atoms with van der Waals surface area (Å²) in [6.07, 6.45) is -0.750. The second-order valence-electron chi connectivity index (χ2n) is 7.29. The number of aromatic nitrogens is 1. The molecule has 1 saturated heterocycles. The topological polar surface area (TPSA) is 97.8 Å². The van der Waals surface area contributed by atoms with Gasteiger partial charge in [-0.25, -0.2) is 13.4 Å². The molecule has 8 nitrogen and oxygen atoms in total. The van der Waals surface area contributed by atoms with Crippen molar-refractivity contribution in [2.24, 2.45) is 0 Å². The summed E-state index contributed by atoms with van der Waals surface area (Å²) in [6, 6.07) is 13.4. The van der Waals surface area contributed by atoms with Gasteiger partial charge in [0.1, 0.15) is 5.75 Å². The van der Waals surface area contributed by atoms with Crippen molar-refractivity contribution >= 4 is 44.0 Å². The summed E-state index contributed by atoms with van der Waals surface area (Å²) in [5.74, 6) is 0.153. The van der Waals surface area contributed by atoms with Crippen LogP contribution in [0.2, 0.25) is 5.02 Å². The van der Waals surface area contributed by atoms with Gasteiger partial charge in [-0.1, -0.05) is 29.8 Å². The Morgan fingerprint density at radius 3 is 2.64 bits per heavy atom. The number of sulfonamides is 1. The van der Waals surface area contributed by atoms with Gasteiger partial charge in [0, 0.05) is 29.1 Å². The Kier molecular flexibility index (Phi) is 7.30. The van der Waals surface area contributed by atoms with E-state index in [1.165, 1.54) is 15.6 Å². The molecular formula is C22H22ClN3O5S2. The monoisotopic (exact) mass is 507 g/mol. The Hall–Kier alpha value is -2.50. The van der Waals surface area contributed by atoms with Crippen LogP contribution >= 0.6 is 22.9 Å². The van der Waals surface area contributed by atoms with E-state index in [4.69, 9.17) is 21.1 Å². The zero-order valence-corrected chi connectivity index (χ0v) is 20.1. The highest BCUT2D eigenvalue weighted by Crippen LogP contribution is 2.27. The van der Waals surface area contributed by atoms with Crippen molar-refractivity contribution in [1.29, 1.82) is 0 Å². The zero-order valence-electron chi connectivity index (χ0n) is 17.7. The molecule has 174 valence electrons. The molecule has 1 fully saturated rings. The molecule has 0 spiro atoms. The average Bonchev–Trinajstić information content (AvgIpc) is 3.28. The fourth-order valence-corrected chi connectivity index (χ4v) is 5.51. The van der Waals surface area contributed by atoms with Crippen LogP contribution < -0.4 is 10.1 Å². The lowest BCUT2D eigenvalue weighted by Gasteiger charge is -2.26. The predicted octanol–water partition coefficient (Wildman–Crippen LogP) is 3.89. The summed E-state index contributed by atoms with van der Waals surface area (Å²) in [7, 11) is -3.55. The number of ether oxygens (including phenoxy) is 2. The number of amides is 1. The van der Waals surface area contributed by atoms with Crippen LogP contribution in [0.25, 0.3) is 11.3 Å². The molecule has 1 unspecified atom stereocenters. The number of nitrogens with zero attached hydrogens (tertiary/aromatic N) is 2. The fraction of sp³-hybridized carbons (Fsp3) is 0.273. The maximum atomic E-state index is 12.8. The van der Waals surface area contributed by atoms with Crippen LogP contribution in [0.5, 0.6) is 5.75 Å². The van der Waals surface area contributed by atoms with Gasteiger partial charge in [-0.05, 0) is 37.3 Å². The predicted molar refractivity (Wildman–Crippen MR) is 127 cm³/mol. The maximum Gasteiger partial charge on any atom is 0.266 e. The number of halogens is 1. The van der Waals surface area contributed by atoms with Gasteiger partial charge in [0.2, 0.25) is 10.0 Å². The fourth-order valence-electron chi connectivity index (χ4n) is 3.20. The normalized spacial score (nSPS) is 15.7. The van der Waals surface area contributed by atoms with Crippen LogP contribution in [0, 0.1) is 0 Å². The Bertz CT molecular complexity index is 1220. The van der Waals surface area contributed by atoms with Crippen molar-refractivity contribution in [2.75, 3.05) is 31.6 Å². The van der Waals surface area contributed by atoms with Crippen LogP contribution in [-0.2, 0) is 19.6 Å². The number of rotatable bonds is 7. The first-order valence-corrected chi connectivity index (χ1v) is 12.9. The summed E-state index contributed by atoms with van der Waals surface area (Å²) in [4.78, 5) is 17.1. The first-order valence-electron chi connectivity index (χ1n) is 10.2. The molecule has 1 N–H and O–H groups in total. The molecule has 33 heavy (non-hydrogen) atoms. The van der Waals surface area contributed by atoms with E-state index in [1.54, 1.807) is 60.8 Å². The van der Waals surface area contributed by atoms with E-state index < -0.39 is 16.1 Å². The lowest BCUT2D eigenvalue weighted by molar-refractivity contribution is -0.122. The van der Waals surface area contributed by atoms with Gasteiger partial charge in [-0.3, -0.25) is 10.1 Å². The first kappa shape index (κ1) is 23.7. The molecule has 1 aromatic heterocycles. The van der Waals surface area contributed by atoms with Crippen LogP contribution in [0.15, 0.2) is 58.8 Å². The Morgan fingerprint density at radius 2 is 1.94 bits per heavy atom. The van der Waals surface area contributed by atoms with Gasteiger partial charge in [-0.15, -0.1) is 11.3 Å². The van der Waals surface area contributed by atoms with Crippen molar-refractivity contribution in [1.82, 2.24) is 9.29 Å². The number of thiazole rings is 1. The second-order valence-corrected chi connectivity index (χ2v) is 10.5. The lowest BCUT2D eigenvalue weighted by Crippen LogP contribution is -2.40. The van der Waals surface area contributed by atoms with Crippen LogP contribution in [0.4, 0.5) is 5.13 Å². The Labute approximate surface area is 201 Å². The summed E-state index contributed by atoms with van der Waals surface area (Å²) in [5, 5.41) is 5.48. The van der Waals surface area contributed by atoms with E-state index in [2.05, 4.69) is 10.3 Å². The number of hydrogen-bond donors (Lipinski definition) is 1. The Balaban J connectivity index is 1.40. The number of carbonyl (C=O) groups is 1. The SMILES string of the molecule is CC(Oc1cccc(Cl)c1)C(=O)Nc1nc(-c2ccc(S(=O)(=O)N3CCOCC3)cc2)cs1. The van der Waals surface area contributed by atoms with Crippen LogP contribution in [0.3, 0.4) is 0 Å². The highest BCUT2D eigenvalue weighted by molar-refractivity contribution is 7.89. The smallest absolute Gasteiger partial charge is 0.266 e. The van der Waals surface area contributed by atoms with Gasteiger partial charge in [0.05, 0.1) is 23.8 Å². The number of anilines is 1. The molecule has 11 heteroatoms. The number of benzene rings is 2. The minimum absolute atomic E-state index is 0.226. The van der Waals surface area contributed by atoms with Gasteiger partial charge in [0.25, 0.3) is 5.91 Å². The van der Waals surface area contributed by atoms with E-state index in [0.717, 1.165) is 5.56 Å². The van der Waals surface area contributed by atoms with Crippen molar-refractivity contribution in [3.8, 4) is 17.0 Å². The number of morpholine rings is 1. The number of nitrogens with one attached hydrogen (secondary N) is 1. The average molecular weight is 508 g/mol. The third-order valence-corrected chi connectivity index (χ3v) is 7.88. The molecule has 1 atom stereocenters. The van der Waals surface area contributed by atoms with E-state index in [-0.39, 0.29) is 10.8 Å². The standard InChI is InChI=1S/C22H22ClN3O5S2/c1-15(31-18-4-2-3-17(23)13-18)21(27)25-22-24-20(14-32-22)16-5-7-19(8-6-16)33(28,29)26-9-11-30-12-10-26/h2-8,13-15H,9-12H2,1H3,(H,24,25,27). The molecule has 1 aliphatic rings. The van der Waals surface area contributed by atoms with Crippen LogP contribution in [-0.4, -0.2) is 56.0 Å². The van der Waals surface area contributed by atoms with Gasteiger partial charge in [-0.2, -0.15) is 4.31 Å². The minimum Gasteiger partial charge on any atom is -0.481 e. The molecule has 1 amide bonds. The summed E-state index contributed by atoms with van der Waals surface area (Å²) in [5.41, 5.74) is 1.38. The molecule has 1 aliphatic heterocycles. The Morgan fingerprint density at radius 1 is 1.21 bits per heavy atom. The quantitative estimate of drug-likeness (QED) is 0.521. The summed E-state index contributed by atoms with van der Waals surface area (Å²) >= 11 is 7.21. The van der Waals surface area contributed by atoms with E-state index in [1.807, 2.05) is 0 Å². The lowest BCUT2D eigenvalue weighted by atomic mass is 10.2. The molecule has 0 radical (unpaired) electrons. The van der Waals surface area contributed by atoms with E-state index in [0.29, 0.717) is 47.9 Å². The molecule has 3 aromatic rings. The third kappa shape index (κ3) is 5.71. The number of hydrogen-bond acceptors (Lipinski definition) is 7. The molecular weight excluding hydrogens is 486 g/mol. The molecule has 2 heterocycles. The van der Waals surface area contributed by atoms with E-state index >= 15 is 0 Å². The summed E-state index contributed by atoms with van der Waals surface area (Å²) in [6.45, 7) is 3.12. The molecule has 0 saturated carbocycles. The second kappa shape index (κ2) is 10.2. The van der Waals surface area contributed by atoms with Gasteiger partial charge < -0.3 is 9.47 Å². The molecule has 0 aliphatic carbocycles. The molecule has 4 rings (SSSR count). The largest absolute Gasteiger partial charge is 0.481 e. The van der Waals surface area contributed by atoms with Gasteiger partial charge in [0.15, 0.2) is 11.2 Å². The molecule has 0 bridgehead atoms. The van der Waals surface area contributed by atoms with E-state index in [9.17, 15) is 13.2 Å². The minimum atomic E-state index is -3.55. The highest BCUT2D eigenvalue weighted by Gasteiger charge is 2.26. The van der Waals surface area contributed by atoms with Gasteiger partial charge >= 0.3 is 0 Å². The van der Waals surface area contributed by atoms with Crippen LogP contribution in [0.1, 0.15) is 6.92 Å². The maximum absolute atomic E-state index is 12.8.